The number of non-ortho nitro benzene ring substituents is 1. The second-order valence-electron chi connectivity index (χ2n) is 8.35. The molecule has 1 N–H and O–H groups in total. The Morgan fingerprint density at radius 2 is 1.43 bits per heavy atom. The van der Waals surface area contributed by atoms with Crippen molar-refractivity contribution in [2.75, 3.05) is 32.5 Å². The molecule has 28 heavy (non-hydrogen) atoms. The molecule has 0 aliphatic rings. The molecule has 0 atom stereocenters. The van der Waals surface area contributed by atoms with Crippen molar-refractivity contribution in [2.24, 2.45) is 0 Å². The summed E-state index contributed by atoms with van der Waals surface area (Å²) in [5.41, 5.74) is 0.615. The van der Waals surface area contributed by atoms with Gasteiger partial charge in [-0.1, -0.05) is 58.3 Å². The van der Waals surface area contributed by atoms with Gasteiger partial charge in [0.05, 0.1) is 25.6 Å². The van der Waals surface area contributed by atoms with E-state index in [-0.39, 0.29) is 11.6 Å². The van der Waals surface area contributed by atoms with Crippen molar-refractivity contribution in [1.29, 1.82) is 0 Å². The van der Waals surface area contributed by atoms with E-state index < -0.39 is 4.92 Å². The summed E-state index contributed by atoms with van der Waals surface area (Å²) in [5.74, 6) is -0.0640. The predicted molar refractivity (Wildman–Crippen MR) is 115 cm³/mol. The Labute approximate surface area is 170 Å². The van der Waals surface area contributed by atoms with Crippen LogP contribution in [-0.4, -0.2) is 42.5 Å². The summed E-state index contributed by atoms with van der Waals surface area (Å²) in [5, 5.41) is 13.5. The van der Waals surface area contributed by atoms with Crippen LogP contribution < -0.4 is 5.32 Å². The Balaban J connectivity index is 2.17. The molecule has 1 aromatic carbocycles. The van der Waals surface area contributed by atoms with Crippen LogP contribution in [-0.2, 0) is 4.79 Å². The number of nitro groups is 1. The number of hydrogen-bond acceptors (Lipinski definition) is 3. The third kappa shape index (κ3) is 11.0. The van der Waals surface area contributed by atoms with E-state index in [1.807, 2.05) is 0 Å². The summed E-state index contributed by atoms with van der Waals surface area (Å²) in [4.78, 5) is 22.5. The quantitative estimate of drug-likeness (QED) is 0.185. The summed E-state index contributed by atoms with van der Waals surface area (Å²) in [6.07, 6.45) is 13.1. The monoisotopic (exact) mass is 392 g/mol. The first-order valence-electron chi connectivity index (χ1n) is 10.7. The number of likely N-dealkylation sites (N-methyl/N-ethyl adjacent to an activating group) is 1. The SMILES string of the molecule is CCCCCCCCCCCC[N+](C)(C)CC(=O)Nc1ccc([N+](=O)[O-])cc1. The molecule has 0 aromatic heterocycles. The first-order valence-corrected chi connectivity index (χ1v) is 10.7. The molecule has 0 unspecified atom stereocenters. The Hall–Kier alpha value is -1.95. The molecule has 0 saturated heterocycles. The van der Waals surface area contributed by atoms with E-state index in [1.165, 1.54) is 69.9 Å². The number of carbonyl (C=O) groups is 1. The number of nitro benzene ring substituents is 1. The Morgan fingerprint density at radius 1 is 0.929 bits per heavy atom. The molecule has 158 valence electrons. The maximum Gasteiger partial charge on any atom is 0.279 e. The second-order valence-corrected chi connectivity index (χ2v) is 8.35. The first kappa shape index (κ1) is 24.1. The fourth-order valence-electron chi connectivity index (χ4n) is 3.36. The minimum absolute atomic E-state index is 0.0232. The fraction of sp³-hybridized carbons (Fsp3) is 0.682. The van der Waals surface area contributed by atoms with E-state index in [1.54, 1.807) is 12.1 Å². The van der Waals surface area contributed by atoms with Gasteiger partial charge in [0.2, 0.25) is 0 Å². The maximum absolute atomic E-state index is 12.3. The molecule has 0 aliphatic carbocycles. The maximum atomic E-state index is 12.3. The second kappa shape index (κ2) is 13.3. The van der Waals surface area contributed by atoms with E-state index in [9.17, 15) is 14.9 Å². The van der Waals surface area contributed by atoms with Gasteiger partial charge in [-0.05, 0) is 25.0 Å². The largest absolute Gasteiger partial charge is 0.321 e. The lowest BCUT2D eigenvalue weighted by Gasteiger charge is -2.29. The lowest BCUT2D eigenvalue weighted by atomic mass is 10.1. The smallest absolute Gasteiger partial charge is 0.279 e. The van der Waals surface area contributed by atoms with Crippen LogP contribution in [0.3, 0.4) is 0 Å². The third-order valence-corrected chi connectivity index (χ3v) is 5.05. The number of anilines is 1. The van der Waals surface area contributed by atoms with Crippen LogP contribution in [0, 0.1) is 10.1 Å². The molecule has 0 saturated carbocycles. The Bertz CT molecular complexity index is 585. The van der Waals surface area contributed by atoms with Gasteiger partial charge in [-0.15, -0.1) is 0 Å². The highest BCUT2D eigenvalue weighted by Crippen LogP contribution is 2.16. The summed E-state index contributed by atoms with van der Waals surface area (Å²) >= 11 is 0. The zero-order valence-electron chi connectivity index (χ0n) is 17.9. The number of benzene rings is 1. The van der Waals surface area contributed by atoms with Crippen LogP contribution in [0.5, 0.6) is 0 Å². The molecule has 0 spiro atoms. The van der Waals surface area contributed by atoms with Crippen molar-refractivity contribution in [1.82, 2.24) is 0 Å². The van der Waals surface area contributed by atoms with Crippen LogP contribution >= 0.6 is 0 Å². The highest BCUT2D eigenvalue weighted by atomic mass is 16.6. The van der Waals surface area contributed by atoms with E-state index in [0.717, 1.165) is 13.0 Å². The summed E-state index contributed by atoms with van der Waals surface area (Å²) in [6, 6.07) is 5.94. The molecule has 1 aromatic rings. The van der Waals surface area contributed by atoms with E-state index >= 15 is 0 Å². The van der Waals surface area contributed by atoms with E-state index in [4.69, 9.17) is 0 Å². The van der Waals surface area contributed by atoms with Gasteiger partial charge in [0.15, 0.2) is 6.54 Å². The molecule has 0 fully saturated rings. The number of unbranched alkanes of at least 4 members (excludes halogenated alkanes) is 9. The molecule has 1 amide bonds. The molecule has 1 rings (SSSR count). The molecular formula is C22H38N3O3+. The Kier molecular flexibility index (Phi) is 11.4. The highest BCUT2D eigenvalue weighted by Gasteiger charge is 2.19. The average molecular weight is 393 g/mol. The molecule has 6 heteroatoms. The van der Waals surface area contributed by atoms with Crippen LogP contribution in [0.1, 0.15) is 71.1 Å². The van der Waals surface area contributed by atoms with Crippen LogP contribution in [0.4, 0.5) is 11.4 Å². The van der Waals surface area contributed by atoms with Crippen molar-refractivity contribution in [3.05, 3.63) is 34.4 Å². The average Bonchev–Trinajstić information content (AvgIpc) is 2.63. The van der Waals surface area contributed by atoms with Crippen molar-refractivity contribution in [3.8, 4) is 0 Å². The zero-order chi connectivity index (χ0) is 20.8. The van der Waals surface area contributed by atoms with Gasteiger partial charge in [0, 0.05) is 17.8 Å². The van der Waals surface area contributed by atoms with Crippen molar-refractivity contribution >= 4 is 17.3 Å². The van der Waals surface area contributed by atoms with Gasteiger partial charge >= 0.3 is 0 Å². The number of hydrogen-bond donors (Lipinski definition) is 1. The van der Waals surface area contributed by atoms with Gasteiger partial charge in [-0.3, -0.25) is 14.9 Å². The molecule has 6 nitrogen and oxygen atoms in total. The molecule has 0 radical (unpaired) electrons. The van der Waals surface area contributed by atoms with Gasteiger partial charge in [-0.2, -0.15) is 0 Å². The zero-order valence-corrected chi connectivity index (χ0v) is 17.9. The number of quaternary nitrogens is 1. The predicted octanol–water partition coefficient (Wildman–Crippen LogP) is 5.53. The van der Waals surface area contributed by atoms with Crippen LogP contribution in [0.2, 0.25) is 0 Å². The summed E-state index contributed by atoms with van der Waals surface area (Å²) in [7, 11) is 4.15. The summed E-state index contributed by atoms with van der Waals surface area (Å²) in [6.45, 7) is 3.62. The fourth-order valence-corrected chi connectivity index (χ4v) is 3.36. The Morgan fingerprint density at radius 3 is 1.93 bits per heavy atom. The first-order chi connectivity index (χ1) is 13.3. The standard InChI is InChI=1S/C22H37N3O3/c1-4-5-6-7-8-9-10-11-12-13-18-25(2,3)19-22(26)23-20-14-16-21(17-15-20)24(27)28/h14-17H,4-13,18-19H2,1-3H3/p+1. The minimum Gasteiger partial charge on any atom is -0.321 e. The lowest BCUT2D eigenvalue weighted by Crippen LogP contribution is -2.46. The summed E-state index contributed by atoms with van der Waals surface area (Å²) < 4.78 is 0.649. The number of nitrogens with one attached hydrogen (secondary N) is 1. The topological polar surface area (TPSA) is 72.2 Å². The van der Waals surface area contributed by atoms with Gasteiger partial charge < -0.3 is 9.80 Å². The number of carbonyl (C=O) groups excluding carboxylic acids is 1. The van der Waals surface area contributed by atoms with Gasteiger partial charge in [0.1, 0.15) is 0 Å². The molecular weight excluding hydrogens is 354 g/mol. The van der Waals surface area contributed by atoms with E-state index in [0.29, 0.717) is 16.7 Å². The van der Waals surface area contributed by atoms with Crippen LogP contribution in [0.15, 0.2) is 24.3 Å². The van der Waals surface area contributed by atoms with Gasteiger partial charge in [0.25, 0.3) is 11.6 Å². The number of amides is 1. The third-order valence-electron chi connectivity index (χ3n) is 5.05. The van der Waals surface area contributed by atoms with Crippen molar-refractivity contribution < 1.29 is 14.2 Å². The van der Waals surface area contributed by atoms with E-state index in [2.05, 4.69) is 26.3 Å². The molecule has 0 heterocycles. The van der Waals surface area contributed by atoms with Crippen molar-refractivity contribution in [3.63, 3.8) is 0 Å². The van der Waals surface area contributed by atoms with Crippen LogP contribution in [0.25, 0.3) is 0 Å². The number of nitrogens with zero attached hydrogens (tertiary/aromatic N) is 2. The normalized spacial score (nSPS) is 11.4. The highest BCUT2D eigenvalue weighted by molar-refractivity contribution is 5.91. The minimum atomic E-state index is -0.446. The van der Waals surface area contributed by atoms with Gasteiger partial charge in [-0.25, -0.2) is 0 Å². The lowest BCUT2D eigenvalue weighted by molar-refractivity contribution is -0.882. The van der Waals surface area contributed by atoms with Crippen molar-refractivity contribution in [2.45, 2.75) is 71.1 Å². The number of rotatable bonds is 15. The molecule has 0 aliphatic heterocycles. The molecule has 0 bridgehead atoms.